The molecular weight excluding hydrogens is 991 g/mol. The number of aryl methyl sites for hydroxylation is 21. The van der Waals surface area contributed by atoms with E-state index in [1.54, 1.807) is 0 Å². The first kappa shape index (κ1) is 66.6. The minimum atomic E-state index is 0.862. The first-order valence-electron chi connectivity index (χ1n) is 28.8. The van der Waals surface area contributed by atoms with E-state index < -0.39 is 0 Å². The largest absolute Gasteiger partial charge is 0.258 e. The number of rotatable bonds is 0. The molecule has 0 radical (unpaired) electrons. The van der Waals surface area contributed by atoms with Gasteiger partial charge in [0.05, 0.1) is 56.2 Å². The van der Waals surface area contributed by atoms with Crippen LogP contribution in [0.5, 0.6) is 0 Å². The average molecular weight is 1090 g/mol. The third kappa shape index (κ3) is 14.3. The lowest BCUT2D eigenvalue weighted by atomic mass is 9.90. The van der Waals surface area contributed by atoms with Crippen molar-refractivity contribution < 1.29 is 0 Å². The highest BCUT2D eigenvalue weighted by Gasteiger charge is 2.17. The van der Waals surface area contributed by atoms with Crippen LogP contribution in [0, 0.1) is 228 Å². The van der Waals surface area contributed by atoms with Crippen molar-refractivity contribution in [3.05, 3.63) is 185 Å². The molecular formula is C72H99N9. The molecule has 6 heterocycles. The monoisotopic (exact) mass is 1090 g/mol. The first-order valence-corrected chi connectivity index (χ1v) is 28.8. The maximum absolute atomic E-state index is 4.80. The van der Waals surface area contributed by atoms with Gasteiger partial charge >= 0.3 is 0 Å². The Morgan fingerprint density at radius 1 is 0.123 bits per heavy atom. The highest BCUT2D eigenvalue weighted by atomic mass is 14.9. The summed E-state index contributed by atoms with van der Waals surface area (Å²) in [6.07, 6.45) is 0. The zero-order chi connectivity index (χ0) is 61.9. The molecule has 9 nitrogen and oxygen atoms in total. The van der Waals surface area contributed by atoms with Crippen LogP contribution in [0.25, 0.3) is 32.8 Å². The Hall–Kier alpha value is -6.87. The van der Waals surface area contributed by atoms with Crippen molar-refractivity contribution >= 4 is 32.8 Å². The topological polar surface area (TPSA) is 116 Å². The van der Waals surface area contributed by atoms with Crippen molar-refractivity contribution in [2.75, 3.05) is 0 Å². The summed E-state index contributed by atoms with van der Waals surface area (Å²) in [7, 11) is 0. The number of pyridine rings is 3. The highest BCUT2D eigenvalue weighted by molar-refractivity contribution is 5.92. The van der Waals surface area contributed by atoms with Crippen molar-refractivity contribution in [3.63, 3.8) is 0 Å². The van der Waals surface area contributed by atoms with E-state index >= 15 is 0 Å². The van der Waals surface area contributed by atoms with Crippen LogP contribution in [0.4, 0.5) is 0 Å². The molecule has 0 atom stereocenters. The molecule has 0 aliphatic carbocycles. The zero-order valence-electron chi connectivity index (χ0n) is 56.5. The molecule has 0 amide bonds. The van der Waals surface area contributed by atoms with E-state index in [9.17, 15) is 0 Å². The van der Waals surface area contributed by atoms with Gasteiger partial charge in [-0.1, -0.05) is 0 Å². The van der Waals surface area contributed by atoms with E-state index in [4.69, 9.17) is 9.97 Å². The minimum absolute atomic E-state index is 0.862. The maximum atomic E-state index is 4.80. The molecule has 3 aromatic carbocycles. The Morgan fingerprint density at radius 2 is 0.296 bits per heavy atom. The molecule has 0 aliphatic heterocycles. The standard InChI is InChI=1S/2C16H21N.C14H18N2.C10H15N.2C8H12N2/c2*1-8-9(2)13(6)16-15(11(8)4)12(5)10(3)14(7)17-16;1-7-8(2)10(4)14-13(9(7)3)15-11(5)12(6)16-14;1-6-7(2)9(4)11-10(5)8(6)3;1-5-6(2)10-8(4)7(3)9-5;1-5-6(2)9-8(4)10-7(5)3/h2*1-7H3;1-6H3;1-5H3;2*1-4H3. The molecule has 9 heteroatoms. The second-order valence-corrected chi connectivity index (χ2v) is 23.2. The summed E-state index contributed by atoms with van der Waals surface area (Å²) in [5, 5.41) is 2.71. The Morgan fingerprint density at radius 3 is 0.593 bits per heavy atom. The van der Waals surface area contributed by atoms with Crippen LogP contribution in [-0.2, 0) is 0 Å². The Labute approximate surface area is 489 Å². The zero-order valence-corrected chi connectivity index (χ0v) is 56.5. The van der Waals surface area contributed by atoms with Gasteiger partial charge in [-0.05, 0) is 340 Å². The lowest BCUT2D eigenvalue weighted by molar-refractivity contribution is 0.948. The molecule has 0 bridgehead atoms. The summed E-state index contributed by atoms with van der Waals surface area (Å²) in [5.74, 6) is 0.862. The van der Waals surface area contributed by atoms with Gasteiger partial charge in [-0.15, -0.1) is 0 Å². The van der Waals surface area contributed by atoms with E-state index in [2.05, 4.69) is 194 Å². The molecule has 81 heavy (non-hydrogen) atoms. The third-order valence-electron chi connectivity index (χ3n) is 18.5. The summed E-state index contributed by atoms with van der Waals surface area (Å²) < 4.78 is 0. The van der Waals surface area contributed by atoms with Gasteiger partial charge in [0.25, 0.3) is 0 Å². The number of hydrogen-bond donors (Lipinski definition) is 0. The van der Waals surface area contributed by atoms with Gasteiger partial charge in [0, 0.05) is 44.9 Å². The summed E-state index contributed by atoms with van der Waals surface area (Å²) in [5.41, 5.74) is 44.3. The van der Waals surface area contributed by atoms with Crippen LogP contribution in [0.2, 0.25) is 0 Å². The highest BCUT2D eigenvalue weighted by Crippen LogP contribution is 2.34. The lowest BCUT2D eigenvalue weighted by Crippen LogP contribution is -2.01. The molecule has 0 fully saturated rings. The summed E-state index contributed by atoms with van der Waals surface area (Å²) in [6, 6.07) is 0. The van der Waals surface area contributed by atoms with Crippen LogP contribution in [0.15, 0.2) is 0 Å². The minimum Gasteiger partial charge on any atom is -0.258 e. The van der Waals surface area contributed by atoms with Gasteiger partial charge in [-0.25, -0.2) is 19.9 Å². The van der Waals surface area contributed by atoms with Crippen molar-refractivity contribution in [1.82, 2.24) is 44.9 Å². The number of nitrogens with zero attached hydrogens (tertiary/aromatic N) is 9. The van der Waals surface area contributed by atoms with Gasteiger partial charge in [0.15, 0.2) is 0 Å². The van der Waals surface area contributed by atoms with Gasteiger partial charge < -0.3 is 0 Å². The van der Waals surface area contributed by atoms with Gasteiger partial charge in [-0.2, -0.15) is 0 Å². The quantitative estimate of drug-likeness (QED) is 0.146. The van der Waals surface area contributed by atoms with Crippen molar-refractivity contribution in [2.24, 2.45) is 0 Å². The molecule has 0 saturated heterocycles. The Kier molecular flexibility index (Phi) is 22.1. The molecule has 0 unspecified atom stereocenters. The Balaban J connectivity index is 0.000000212. The van der Waals surface area contributed by atoms with Gasteiger partial charge in [0.1, 0.15) is 5.82 Å². The van der Waals surface area contributed by atoms with E-state index in [1.807, 2.05) is 69.2 Å². The molecule has 0 aliphatic rings. The van der Waals surface area contributed by atoms with E-state index in [0.717, 1.165) is 85.2 Å². The van der Waals surface area contributed by atoms with Crippen molar-refractivity contribution in [2.45, 2.75) is 228 Å². The second-order valence-electron chi connectivity index (χ2n) is 23.2. The SMILES string of the molecule is Cc1nc(C)c(C)c(C)c1C.Cc1nc(C)c(C)c(C)n1.Cc1nc(C)c(C)nc1C.Cc1nc2c(C)c(C)c(C)c(C)c2c(C)c1C.Cc1nc2c(C)c(C)c(C)c(C)c2c(C)c1C.Cc1nc2c(C)c(C)c(C)c(C)c2nc1C. The number of fused-ring (bicyclic) bond motifs is 3. The molecule has 6 aromatic heterocycles. The molecule has 432 valence electrons. The number of benzene rings is 3. The van der Waals surface area contributed by atoms with Crippen molar-refractivity contribution in [1.29, 1.82) is 0 Å². The van der Waals surface area contributed by atoms with E-state index in [1.165, 1.54) is 133 Å². The smallest absolute Gasteiger partial charge is 0.125 e. The van der Waals surface area contributed by atoms with Gasteiger partial charge in [0.2, 0.25) is 0 Å². The van der Waals surface area contributed by atoms with E-state index in [-0.39, 0.29) is 0 Å². The third-order valence-corrected chi connectivity index (χ3v) is 18.5. The molecule has 0 spiro atoms. The molecule has 0 saturated carbocycles. The van der Waals surface area contributed by atoms with Crippen LogP contribution < -0.4 is 0 Å². The fraction of sp³-hybridized carbons (Fsp3) is 0.458. The van der Waals surface area contributed by atoms with Crippen molar-refractivity contribution in [3.8, 4) is 0 Å². The summed E-state index contributed by atoms with van der Waals surface area (Å²) >= 11 is 0. The maximum Gasteiger partial charge on any atom is 0.125 e. The van der Waals surface area contributed by atoms with Crippen LogP contribution >= 0.6 is 0 Å². The average Bonchev–Trinajstić information content (AvgIpc) is 3.62. The van der Waals surface area contributed by atoms with Crippen LogP contribution in [0.3, 0.4) is 0 Å². The fourth-order valence-corrected chi connectivity index (χ4v) is 10.3. The lowest BCUT2D eigenvalue weighted by Gasteiger charge is -2.17. The predicted molar refractivity (Wildman–Crippen MR) is 348 cm³/mol. The summed E-state index contributed by atoms with van der Waals surface area (Å²) in [6.45, 7) is 69.7. The van der Waals surface area contributed by atoms with Crippen LogP contribution in [-0.4, -0.2) is 44.9 Å². The number of aromatic nitrogens is 9. The normalized spacial score (nSPS) is 10.8. The Bertz CT molecular complexity index is 3610. The second kappa shape index (κ2) is 26.8. The predicted octanol–water partition coefficient (Wildman–Crippen LogP) is 18.3. The number of hydrogen-bond acceptors (Lipinski definition) is 9. The van der Waals surface area contributed by atoms with E-state index in [0.29, 0.717) is 0 Å². The summed E-state index contributed by atoms with van der Waals surface area (Å²) in [4.78, 5) is 40.4. The molecule has 0 N–H and O–H groups in total. The first-order chi connectivity index (χ1) is 37.4. The fourth-order valence-electron chi connectivity index (χ4n) is 10.3. The van der Waals surface area contributed by atoms with Crippen LogP contribution in [0.1, 0.15) is 185 Å². The molecule has 9 aromatic rings. The molecule has 9 rings (SSSR count). The van der Waals surface area contributed by atoms with Gasteiger partial charge in [-0.3, -0.25) is 24.9 Å².